The predicted molar refractivity (Wildman–Crippen MR) is 53.4 cm³/mol. The molecule has 0 heterocycles. The SMILES string of the molecule is N#Cc1c([N+](=O)[O-])ccc(C=O)c1C(=O)Cl. The zero-order chi connectivity index (χ0) is 12.3. The van der Waals surface area contributed by atoms with Crippen LogP contribution in [-0.2, 0) is 0 Å². The van der Waals surface area contributed by atoms with E-state index in [1.807, 2.05) is 0 Å². The third-order valence-electron chi connectivity index (χ3n) is 1.85. The molecule has 0 N–H and O–H groups in total. The van der Waals surface area contributed by atoms with E-state index >= 15 is 0 Å². The first-order valence-electron chi connectivity index (χ1n) is 3.89. The van der Waals surface area contributed by atoms with Crippen LogP contribution in [0.15, 0.2) is 12.1 Å². The predicted octanol–water partition coefficient (Wildman–Crippen LogP) is 1.66. The number of hydrogen-bond donors (Lipinski definition) is 0. The van der Waals surface area contributed by atoms with E-state index in [1.54, 1.807) is 0 Å². The standard InChI is InChI=1S/C9H3ClN2O4/c10-9(14)8-5(4-13)1-2-7(12(15)16)6(8)3-11/h1-2,4H. The molecule has 0 saturated carbocycles. The van der Waals surface area contributed by atoms with Crippen molar-refractivity contribution < 1.29 is 14.5 Å². The second-order valence-corrected chi connectivity index (χ2v) is 3.03. The van der Waals surface area contributed by atoms with Gasteiger partial charge in [0.25, 0.3) is 10.9 Å². The average molecular weight is 239 g/mol. The van der Waals surface area contributed by atoms with Gasteiger partial charge in [-0.25, -0.2) is 0 Å². The summed E-state index contributed by atoms with van der Waals surface area (Å²) < 4.78 is 0. The lowest BCUT2D eigenvalue weighted by molar-refractivity contribution is -0.385. The molecular formula is C9H3ClN2O4. The highest BCUT2D eigenvalue weighted by atomic mass is 35.5. The van der Waals surface area contributed by atoms with Crippen molar-refractivity contribution in [1.82, 2.24) is 0 Å². The number of nitriles is 1. The molecule has 80 valence electrons. The number of carbonyl (C=O) groups excluding carboxylic acids is 2. The van der Waals surface area contributed by atoms with Gasteiger partial charge in [-0.1, -0.05) is 0 Å². The maximum absolute atomic E-state index is 11.0. The summed E-state index contributed by atoms with van der Waals surface area (Å²) in [5.74, 6) is 0. The molecule has 16 heavy (non-hydrogen) atoms. The molecule has 6 nitrogen and oxygen atoms in total. The number of hydrogen-bond acceptors (Lipinski definition) is 5. The second kappa shape index (κ2) is 4.51. The molecule has 1 aromatic rings. The fourth-order valence-electron chi connectivity index (χ4n) is 1.18. The molecule has 7 heteroatoms. The lowest BCUT2D eigenvalue weighted by atomic mass is 10.0. The van der Waals surface area contributed by atoms with Gasteiger partial charge < -0.3 is 0 Å². The van der Waals surface area contributed by atoms with Crippen LogP contribution in [0.1, 0.15) is 26.3 Å². The van der Waals surface area contributed by atoms with Crippen LogP contribution >= 0.6 is 11.6 Å². The van der Waals surface area contributed by atoms with Crippen LogP contribution in [0.25, 0.3) is 0 Å². The van der Waals surface area contributed by atoms with Crippen molar-refractivity contribution in [2.45, 2.75) is 0 Å². The van der Waals surface area contributed by atoms with Crippen molar-refractivity contribution in [1.29, 1.82) is 5.26 Å². The second-order valence-electron chi connectivity index (χ2n) is 2.68. The van der Waals surface area contributed by atoms with E-state index in [0.29, 0.717) is 6.29 Å². The zero-order valence-corrected chi connectivity index (χ0v) is 8.39. The summed E-state index contributed by atoms with van der Waals surface area (Å²) in [5.41, 5.74) is -1.65. The van der Waals surface area contributed by atoms with Crippen LogP contribution in [0.5, 0.6) is 0 Å². The number of aldehydes is 1. The van der Waals surface area contributed by atoms with Crippen LogP contribution in [0, 0.1) is 21.4 Å². The first-order chi connectivity index (χ1) is 7.52. The molecule has 1 rings (SSSR count). The Hall–Kier alpha value is -2.26. The molecule has 0 aromatic heterocycles. The van der Waals surface area contributed by atoms with E-state index in [4.69, 9.17) is 16.9 Å². The topological polar surface area (TPSA) is 101 Å². The van der Waals surface area contributed by atoms with Crippen LogP contribution in [-0.4, -0.2) is 16.5 Å². The third-order valence-corrected chi connectivity index (χ3v) is 2.04. The minimum atomic E-state index is -1.08. The number of nitro benzene ring substituents is 1. The van der Waals surface area contributed by atoms with Crippen LogP contribution in [0.4, 0.5) is 5.69 Å². The van der Waals surface area contributed by atoms with Gasteiger partial charge in [0.05, 0.1) is 10.5 Å². The first-order valence-corrected chi connectivity index (χ1v) is 4.27. The van der Waals surface area contributed by atoms with Crippen LogP contribution < -0.4 is 0 Å². The molecular weight excluding hydrogens is 236 g/mol. The average Bonchev–Trinajstić information content (AvgIpc) is 2.26. The van der Waals surface area contributed by atoms with Gasteiger partial charge in [0.1, 0.15) is 11.6 Å². The van der Waals surface area contributed by atoms with Crippen molar-refractivity contribution in [2.24, 2.45) is 0 Å². The minimum Gasteiger partial charge on any atom is -0.298 e. The van der Waals surface area contributed by atoms with Gasteiger partial charge in [-0.05, 0) is 17.7 Å². The minimum absolute atomic E-state index is 0.151. The summed E-state index contributed by atoms with van der Waals surface area (Å²) in [5, 5.41) is 18.2. The Balaban J connectivity index is 3.71. The van der Waals surface area contributed by atoms with E-state index in [9.17, 15) is 19.7 Å². The summed E-state index contributed by atoms with van der Waals surface area (Å²) in [6.07, 6.45) is 0.306. The summed E-state index contributed by atoms with van der Waals surface area (Å²) in [4.78, 5) is 31.3. The Morgan fingerprint density at radius 3 is 2.56 bits per heavy atom. The number of benzene rings is 1. The monoisotopic (exact) mass is 238 g/mol. The summed E-state index contributed by atoms with van der Waals surface area (Å²) >= 11 is 5.18. The van der Waals surface area contributed by atoms with E-state index in [1.165, 1.54) is 6.07 Å². The molecule has 0 spiro atoms. The van der Waals surface area contributed by atoms with Gasteiger partial charge >= 0.3 is 0 Å². The number of carbonyl (C=O) groups is 2. The van der Waals surface area contributed by atoms with Crippen molar-refractivity contribution in [3.63, 3.8) is 0 Å². The van der Waals surface area contributed by atoms with Gasteiger partial charge in [-0.15, -0.1) is 0 Å². The normalized spacial score (nSPS) is 9.25. The third kappa shape index (κ3) is 1.89. The maximum Gasteiger partial charge on any atom is 0.287 e. The van der Waals surface area contributed by atoms with Gasteiger partial charge in [-0.2, -0.15) is 5.26 Å². The molecule has 0 radical (unpaired) electrons. The first kappa shape index (κ1) is 11.8. The van der Waals surface area contributed by atoms with Crippen LogP contribution in [0.2, 0.25) is 0 Å². The highest BCUT2D eigenvalue weighted by Gasteiger charge is 2.24. The van der Waals surface area contributed by atoms with Crippen molar-refractivity contribution in [2.75, 3.05) is 0 Å². The maximum atomic E-state index is 11.0. The molecule has 0 amide bonds. The number of nitrogens with zero attached hydrogens (tertiary/aromatic N) is 2. The van der Waals surface area contributed by atoms with Crippen LogP contribution in [0.3, 0.4) is 0 Å². The molecule has 0 unspecified atom stereocenters. The molecule has 0 aliphatic heterocycles. The van der Waals surface area contributed by atoms with E-state index in [0.717, 1.165) is 12.1 Å². The van der Waals surface area contributed by atoms with E-state index in [-0.39, 0.29) is 5.56 Å². The zero-order valence-electron chi connectivity index (χ0n) is 7.64. The lowest BCUT2D eigenvalue weighted by Gasteiger charge is -2.02. The van der Waals surface area contributed by atoms with Crippen molar-refractivity contribution in [3.05, 3.63) is 38.9 Å². The molecule has 0 aliphatic rings. The summed E-state index contributed by atoms with van der Waals surface area (Å²) in [7, 11) is 0. The molecule has 0 aliphatic carbocycles. The molecule has 0 saturated heterocycles. The summed E-state index contributed by atoms with van der Waals surface area (Å²) in [6, 6.07) is 3.54. The molecule has 0 atom stereocenters. The molecule has 1 aromatic carbocycles. The summed E-state index contributed by atoms with van der Waals surface area (Å²) in [6.45, 7) is 0. The lowest BCUT2D eigenvalue weighted by Crippen LogP contribution is -2.04. The van der Waals surface area contributed by atoms with Crippen molar-refractivity contribution in [3.8, 4) is 6.07 Å². The smallest absolute Gasteiger partial charge is 0.287 e. The highest BCUT2D eigenvalue weighted by Crippen LogP contribution is 2.25. The molecule has 0 fully saturated rings. The van der Waals surface area contributed by atoms with Crippen molar-refractivity contribution >= 4 is 28.8 Å². The number of rotatable bonds is 3. The van der Waals surface area contributed by atoms with Gasteiger partial charge in [0.15, 0.2) is 6.29 Å². The molecule has 0 bridgehead atoms. The fourth-order valence-corrected chi connectivity index (χ4v) is 1.39. The van der Waals surface area contributed by atoms with Gasteiger partial charge in [0, 0.05) is 11.6 Å². The Morgan fingerprint density at radius 1 is 1.56 bits per heavy atom. The number of halogens is 1. The Morgan fingerprint density at radius 2 is 2.19 bits per heavy atom. The Bertz CT molecular complexity index is 533. The Labute approximate surface area is 94.2 Å². The van der Waals surface area contributed by atoms with Gasteiger partial charge in [0.2, 0.25) is 0 Å². The number of nitro groups is 1. The highest BCUT2D eigenvalue weighted by molar-refractivity contribution is 6.68. The quantitative estimate of drug-likeness (QED) is 0.345. The van der Waals surface area contributed by atoms with E-state index < -0.39 is 27.0 Å². The largest absolute Gasteiger partial charge is 0.298 e. The van der Waals surface area contributed by atoms with Gasteiger partial charge in [-0.3, -0.25) is 19.7 Å². The Kier molecular flexibility index (Phi) is 3.33. The fraction of sp³-hybridized carbons (Fsp3) is 0. The van der Waals surface area contributed by atoms with E-state index in [2.05, 4.69) is 0 Å².